The molecule has 0 aliphatic carbocycles. The molecule has 1 atom stereocenters. The van der Waals surface area contributed by atoms with Crippen LogP contribution in [0, 0.1) is 6.92 Å². The number of carbonyl (C=O) groups is 3. The highest BCUT2D eigenvalue weighted by Gasteiger charge is 2.53. The van der Waals surface area contributed by atoms with Gasteiger partial charge in [0.15, 0.2) is 0 Å². The number of imide groups is 1. The van der Waals surface area contributed by atoms with Crippen LogP contribution in [0.15, 0.2) is 79.1 Å². The van der Waals surface area contributed by atoms with E-state index in [1.165, 1.54) is 4.90 Å². The maximum Gasteiger partial charge on any atom is 0.241 e. The van der Waals surface area contributed by atoms with Crippen molar-refractivity contribution < 1.29 is 14.4 Å². The molecule has 6 nitrogen and oxygen atoms in total. The summed E-state index contributed by atoms with van der Waals surface area (Å²) in [5.41, 5.74) is 2.41. The van der Waals surface area contributed by atoms with Crippen molar-refractivity contribution in [2.45, 2.75) is 38.3 Å². The summed E-state index contributed by atoms with van der Waals surface area (Å²) < 4.78 is 0. The third kappa shape index (κ3) is 4.70. The quantitative estimate of drug-likeness (QED) is 0.525. The molecular formula is C27H27N3O3. The Labute approximate surface area is 193 Å². The second-order valence-electron chi connectivity index (χ2n) is 8.68. The molecule has 2 heterocycles. The summed E-state index contributed by atoms with van der Waals surface area (Å²) >= 11 is 0. The standard InChI is InChI=1S/C27H27N3O3/c1-20-10-12-21(13-11-20)18-29(2)24(31)15-27(23-8-4-3-5-9-23)16-25(32)30(26(27)33)19-22-7-6-14-28-17-22/h3-14,17H,15-16,18-19H2,1-2H3/t27-/m0/s1. The van der Waals surface area contributed by atoms with E-state index in [1.54, 1.807) is 30.4 Å². The molecule has 1 saturated heterocycles. The number of nitrogens with zero attached hydrogens (tertiary/aromatic N) is 3. The first-order chi connectivity index (χ1) is 15.9. The second-order valence-corrected chi connectivity index (χ2v) is 8.68. The van der Waals surface area contributed by atoms with Gasteiger partial charge in [0.2, 0.25) is 17.7 Å². The Balaban J connectivity index is 1.60. The van der Waals surface area contributed by atoms with Crippen molar-refractivity contribution in [3.63, 3.8) is 0 Å². The first-order valence-electron chi connectivity index (χ1n) is 11.0. The molecule has 0 unspecified atom stereocenters. The van der Waals surface area contributed by atoms with Crippen molar-refractivity contribution in [2.75, 3.05) is 7.05 Å². The fourth-order valence-electron chi connectivity index (χ4n) is 4.31. The summed E-state index contributed by atoms with van der Waals surface area (Å²) in [4.78, 5) is 47.0. The Morgan fingerprint density at radius 2 is 1.73 bits per heavy atom. The third-order valence-electron chi connectivity index (χ3n) is 6.22. The Morgan fingerprint density at radius 3 is 2.39 bits per heavy atom. The van der Waals surface area contributed by atoms with Gasteiger partial charge in [-0.1, -0.05) is 66.2 Å². The van der Waals surface area contributed by atoms with E-state index in [1.807, 2.05) is 67.6 Å². The number of rotatable bonds is 7. The van der Waals surface area contributed by atoms with E-state index >= 15 is 0 Å². The molecule has 4 rings (SSSR count). The van der Waals surface area contributed by atoms with E-state index in [0.29, 0.717) is 12.1 Å². The van der Waals surface area contributed by atoms with Gasteiger partial charge in [0.1, 0.15) is 0 Å². The number of pyridine rings is 1. The molecule has 0 radical (unpaired) electrons. The summed E-state index contributed by atoms with van der Waals surface area (Å²) in [6.45, 7) is 2.60. The van der Waals surface area contributed by atoms with Gasteiger partial charge >= 0.3 is 0 Å². The SMILES string of the molecule is Cc1ccc(CN(C)C(=O)C[C@@]2(c3ccccc3)CC(=O)N(Cc3cccnc3)C2=O)cc1. The van der Waals surface area contributed by atoms with E-state index in [-0.39, 0.29) is 37.1 Å². The van der Waals surface area contributed by atoms with Crippen LogP contribution in [0.2, 0.25) is 0 Å². The van der Waals surface area contributed by atoms with Crippen molar-refractivity contribution >= 4 is 17.7 Å². The summed E-state index contributed by atoms with van der Waals surface area (Å²) in [6, 6.07) is 20.8. The van der Waals surface area contributed by atoms with Gasteiger partial charge in [-0.25, -0.2) is 0 Å². The minimum Gasteiger partial charge on any atom is -0.341 e. The number of benzene rings is 2. The fourth-order valence-corrected chi connectivity index (χ4v) is 4.31. The van der Waals surface area contributed by atoms with Gasteiger partial charge in [0.05, 0.1) is 12.0 Å². The van der Waals surface area contributed by atoms with Gasteiger partial charge < -0.3 is 4.90 Å². The summed E-state index contributed by atoms with van der Waals surface area (Å²) in [7, 11) is 1.73. The average molecular weight is 442 g/mol. The lowest BCUT2D eigenvalue weighted by atomic mass is 9.75. The van der Waals surface area contributed by atoms with E-state index in [9.17, 15) is 14.4 Å². The number of hydrogen-bond donors (Lipinski definition) is 0. The number of carbonyl (C=O) groups excluding carboxylic acids is 3. The normalized spacial score (nSPS) is 17.9. The molecule has 33 heavy (non-hydrogen) atoms. The number of aryl methyl sites for hydroxylation is 1. The summed E-state index contributed by atoms with van der Waals surface area (Å²) in [6.07, 6.45) is 3.20. The zero-order chi connectivity index (χ0) is 23.4. The third-order valence-corrected chi connectivity index (χ3v) is 6.22. The van der Waals surface area contributed by atoms with Crippen molar-refractivity contribution in [2.24, 2.45) is 0 Å². The van der Waals surface area contributed by atoms with Crippen LogP contribution in [0.1, 0.15) is 35.1 Å². The molecule has 0 spiro atoms. The largest absolute Gasteiger partial charge is 0.341 e. The lowest BCUT2D eigenvalue weighted by Gasteiger charge is -2.29. The van der Waals surface area contributed by atoms with Crippen LogP contribution in [0.4, 0.5) is 0 Å². The van der Waals surface area contributed by atoms with Crippen LogP contribution in [0.3, 0.4) is 0 Å². The van der Waals surface area contributed by atoms with E-state index in [2.05, 4.69) is 4.98 Å². The van der Waals surface area contributed by atoms with Crippen LogP contribution >= 0.6 is 0 Å². The summed E-state index contributed by atoms with van der Waals surface area (Å²) in [5.74, 6) is -0.787. The monoisotopic (exact) mass is 441 g/mol. The Kier molecular flexibility index (Phi) is 6.36. The number of hydrogen-bond acceptors (Lipinski definition) is 4. The molecule has 0 bridgehead atoms. The predicted molar refractivity (Wildman–Crippen MR) is 125 cm³/mol. The van der Waals surface area contributed by atoms with E-state index in [4.69, 9.17) is 0 Å². The Hall–Kier alpha value is -3.80. The Bertz CT molecular complexity index is 1150. The van der Waals surface area contributed by atoms with E-state index < -0.39 is 5.41 Å². The minimum atomic E-state index is -1.21. The lowest BCUT2D eigenvalue weighted by molar-refractivity contribution is -0.143. The maximum atomic E-state index is 13.7. The molecule has 6 heteroatoms. The number of amides is 3. The molecule has 1 aliphatic rings. The fraction of sp³-hybridized carbons (Fsp3) is 0.259. The van der Waals surface area contributed by atoms with Crippen molar-refractivity contribution in [3.8, 4) is 0 Å². The van der Waals surface area contributed by atoms with Crippen molar-refractivity contribution in [1.29, 1.82) is 0 Å². The van der Waals surface area contributed by atoms with Crippen LogP contribution in [0.5, 0.6) is 0 Å². The van der Waals surface area contributed by atoms with Gasteiger partial charge in [0.25, 0.3) is 0 Å². The van der Waals surface area contributed by atoms with Gasteiger partial charge in [-0.05, 0) is 29.7 Å². The molecule has 0 saturated carbocycles. The van der Waals surface area contributed by atoms with Gasteiger partial charge in [-0.2, -0.15) is 0 Å². The zero-order valence-electron chi connectivity index (χ0n) is 18.9. The minimum absolute atomic E-state index is 0.0276. The summed E-state index contributed by atoms with van der Waals surface area (Å²) in [5, 5.41) is 0. The molecule has 1 fully saturated rings. The first-order valence-corrected chi connectivity index (χ1v) is 11.0. The highest BCUT2D eigenvalue weighted by molar-refractivity contribution is 6.10. The predicted octanol–water partition coefficient (Wildman–Crippen LogP) is 3.64. The highest BCUT2D eigenvalue weighted by atomic mass is 16.2. The molecule has 2 aromatic carbocycles. The van der Waals surface area contributed by atoms with E-state index in [0.717, 1.165) is 16.7 Å². The topological polar surface area (TPSA) is 70.6 Å². The van der Waals surface area contributed by atoms with Gasteiger partial charge in [-0.3, -0.25) is 24.3 Å². The number of aromatic nitrogens is 1. The van der Waals surface area contributed by atoms with Gasteiger partial charge in [-0.15, -0.1) is 0 Å². The van der Waals surface area contributed by atoms with Crippen LogP contribution in [-0.2, 0) is 32.9 Å². The smallest absolute Gasteiger partial charge is 0.241 e. The van der Waals surface area contributed by atoms with Crippen molar-refractivity contribution in [1.82, 2.24) is 14.8 Å². The second kappa shape index (κ2) is 9.36. The zero-order valence-corrected chi connectivity index (χ0v) is 18.9. The first kappa shape index (κ1) is 22.4. The Morgan fingerprint density at radius 1 is 1.00 bits per heavy atom. The molecule has 168 valence electrons. The molecular weight excluding hydrogens is 414 g/mol. The lowest BCUT2D eigenvalue weighted by Crippen LogP contribution is -2.42. The van der Waals surface area contributed by atoms with Crippen LogP contribution in [0.25, 0.3) is 0 Å². The van der Waals surface area contributed by atoms with Crippen LogP contribution in [-0.4, -0.2) is 39.6 Å². The average Bonchev–Trinajstić information content (AvgIpc) is 3.06. The maximum absolute atomic E-state index is 13.7. The van der Waals surface area contributed by atoms with Crippen molar-refractivity contribution in [3.05, 3.63) is 101 Å². The molecule has 1 aliphatic heterocycles. The van der Waals surface area contributed by atoms with Crippen LogP contribution < -0.4 is 0 Å². The highest BCUT2D eigenvalue weighted by Crippen LogP contribution is 2.40. The molecule has 1 aromatic heterocycles. The molecule has 0 N–H and O–H groups in total. The van der Waals surface area contributed by atoms with Gasteiger partial charge in [0, 0.05) is 38.8 Å². The molecule has 3 aromatic rings. The number of likely N-dealkylation sites (tertiary alicyclic amines) is 1. The molecule has 3 amide bonds.